The molecule has 0 aliphatic rings. The second-order valence-corrected chi connectivity index (χ2v) is 3.40. The molecular formula is C13H16O3. The van der Waals surface area contributed by atoms with Gasteiger partial charge in [0, 0.05) is 0 Å². The van der Waals surface area contributed by atoms with Gasteiger partial charge < -0.3 is 9.47 Å². The van der Waals surface area contributed by atoms with E-state index in [0.29, 0.717) is 12.2 Å². The van der Waals surface area contributed by atoms with E-state index in [9.17, 15) is 4.79 Å². The van der Waals surface area contributed by atoms with Gasteiger partial charge in [0.2, 0.25) is 0 Å². The molecule has 0 heterocycles. The molecule has 0 radical (unpaired) electrons. The van der Waals surface area contributed by atoms with Crippen LogP contribution in [0.25, 0.3) is 0 Å². The lowest BCUT2D eigenvalue weighted by Gasteiger charge is -2.05. The molecule has 0 N–H and O–H groups in total. The van der Waals surface area contributed by atoms with Gasteiger partial charge in [0.25, 0.3) is 0 Å². The highest BCUT2D eigenvalue weighted by molar-refractivity contribution is 5.87. The van der Waals surface area contributed by atoms with Crippen LogP contribution in [0.2, 0.25) is 0 Å². The number of benzene rings is 1. The quantitative estimate of drug-likeness (QED) is 0.444. The van der Waals surface area contributed by atoms with Crippen molar-refractivity contribution in [2.24, 2.45) is 0 Å². The SMILES string of the molecule is CCOC(=O)C(C)=COc1ccccc1C. The molecule has 0 aliphatic heterocycles. The van der Waals surface area contributed by atoms with Crippen molar-refractivity contribution in [1.29, 1.82) is 0 Å². The fourth-order valence-electron chi connectivity index (χ4n) is 1.13. The van der Waals surface area contributed by atoms with Crippen LogP contribution in [-0.2, 0) is 9.53 Å². The Morgan fingerprint density at radius 1 is 1.38 bits per heavy atom. The Morgan fingerprint density at radius 3 is 2.69 bits per heavy atom. The van der Waals surface area contributed by atoms with E-state index < -0.39 is 0 Å². The Labute approximate surface area is 95.7 Å². The molecule has 0 atom stereocenters. The fraction of sp³-hybridized carbons (Fsp3) is 0.308. The normalized spacial score (nSPS) is 11.1. The monoisotopic (exact) mass is 220 g/mol. The molecule has 1 aromatic rings. The topological polar surface area (TPSA) is 35.5 Å². The average molecular weight is 220 g/mol. The minimum absolute atomic E-state index is 0.351. The van der Waals surface area contributed by atoms with Crippen LogP contribution in [0.15, 0.2) is 36.1 Å². The molecule has 0 bridgehead atoms. The van der Waals surface area contributed by atoms with Crippen molar-refractivity contribution < 1.29 is 14.3 Å². The summed E-state index contributed by atoms with van der Waals surface area (Å²) in [6.45, 7) is 5.75. The van der Waals surface area contributed by atoms with Crippen LogP contribution in [0.3, 0.4) is 0 Å². The number of carbonyl (C=O) groups is 1. The van der Waals surface area contributed by atoms with Gasteiger partial charge in [0.15, 0.2) is 0 Å². The van der Waals surface area contributed by atoms with Crippen LogP contribution in [0.5, 0.6) is 5.75 Å². The second kappa shape index (κ2) is 5.95. The molecule has 0 amide bonds. The summed E-state index contributed by atoms with van der Waals surface area (Å²) in [7, 11) is 0. The zero-order valence-electron chi connectivity index (χ0n) is 9.82. The molecule has 0 spiro atoms. The lowest BCUT2D eigenvalue weighted by molar-refractivity contribution is -0.138. The lowest BCUT2D eigenvalue weighted by atomic mass is 10.2. The summed E-state index contributed by atoms with van der Waals surface area (Å²) < 4.78 is 10.2. The van der Waals surface area contributed by atoms with Crippen molar-refractivity contribution in [2.75, 3.05) is 6.61 Å². The first-order chi connectivity index (χ1) is 7.65. The van der Waals surface area contributed by atoms with Crippen LogP contribution in [0, 0.1) is 6.92 Å². The van der Waals surface area contributed by atoms with Crippen molar-refractivity contribution in [3.63, 3.8) is 0 Å². The molecule has 1 rings (SSSR count). The van der Waals surface area contributed by atoms with Crippen molar-refractivity contribution in [3.05, 3.63) is 41.7 Å². The molecule has 86 valence electrons. The first-order valence-corrected chi connectivity index (χ1v) is 5.21. The van der Waals surface area contributed by atoms with E-state index in [4.69, 9.17) is 9.47 Å². The predicted molar refractivity (Wildman–Crippen MR) is 62.2 cm³/mol. The molecule has 0 fully saturated rings. The fourth-order valence-corrected chi connectivity index (χ4v) is 1.13. The van der Waals surface area contributed by atoms with Gasteiger partial charge in [-0.25, -0.2) is 4.79 Å². The number of ether oxygens (including phenoxy) is 2. The van der Waals surface area contributed by atoms with Crippen LogP contribution < -0.4 is 4.74 Å². The molecule has 0 aromatic heterocycles. The van der Waals surface area contributed by atoms with Gasteiger partial charge >= 0.3 is 5.97 Å². The summed E-state index contributed by atoms with van der Waals surface area (Å²) in [5.41, 5.74) is 1.47. The maximum Gasteiger partial charge on any atom is 0.336 e. The summed E-state index contributed by atoms with van der Waals surface area (Å²) in [5.74, 6) is 0.391. The minimum atomic E-state index is -0.351. The van der Waals surface area contributed by atoms with E-state index in [0.717, 1.165) is 11.3 Å². The summed E-state index contributed by atoms with van der Waals surface area (Å²) in [6.07, 6.45) is 1.42. The van der Waals surface area contributed by atoms with Gasteiger partial charge in [-0.1, -0.05) is 18.2 Å². The standard InChI is InChI=1S/C13H16O3/c1-4-15-13(14)11(3)9-16-12-8-6-5-7-10(12)2/h5-9H,4H2,1-3H3. The summed E-state index contributed by atoms with van der Waals surface area (Å²) >= 11 is 0. The Bertz CT molecular complexity index is 394. The van der Waals surface area contributed by atoms with Crippen LogP contribution in [0.4, 0.5) is 0 Å². The largest absolute Gasteiger partial charge is 0.464 e. The molecule has 3 heteroatoms. The van der Waals surface area contributed by atoms with Crippen LogP contribution in [0.1, 0.15) is 19.4 Å². The Kier molecular flexibility index (Phi) is 4.58. The molecule has 0 aliphatic carbocycles. The molecule has 16 heavy (non-hydrogen) atoms. The van der Waals surface area contributed by atoms with Crippen molar-refractivity contribution >= 4 is 5.97 Å². The lowest BCUT2D eigenvalue weighted by Crippen LogP contribution is -2.06. The van der Waals surface area contributed by atoms with Gasteiger partial charge in [-0.2, -0.15) is 0 Å². The first-order valence-electron chi connectivity index (χ1n) is 5.21. The van der Waals surface area contributed by atoms with E-state index in [1.54, 1.807) is 13.8 Å². The number of rotatable bonds is 4. The third-order valence-corrected chi connectivity index (χ3v) is 2.05. The highest BCUT2D eigenvalue weighted by Crippen LogP contribution is 2.16. The number of carbonyl (C=O) groups excluding carboxylic acids is 1. The van der Waals surface area contributed by atoms with E-state index in [1.165, 1.54) is 6.26 Å². The van der Waals surface area contributed by atoms with Crippen molar-refractivity contribution in [1.82, 2.24) is 0 Å². The van der Waals surface area contributed by atoms with Gasteiger partial charge in [-0.05, 0) is 32.4 Å². The van der Waals surface area contributed by atoms with Gasteiger partial charge in [-0.15, -0.1) is 0 Å². The molecular weight excluding hydrogens is 204 g/mol. The third kappa shape index (κ3) is 3.42. The number of esters is 1. The first kappa shape index (κ1) is 12.3. The van der Waals surface area contributed by atoms with Gasteiger partial charge in [-0.3, -0.25) is 0 Å². The zero-order valence-corrected chi connectivity index (χ0v) is 9.82. The van der Waals surface area contributed by atoms with E-state index in [-0.39, 0.29) is 5.97 Å². The Morgan fingerprint density at radius 2 is 2.06 bits per heavy atom. The van der Waals surface area contributed by atoms with E-state index >= 15 is 0 Å². The van der Waals surface area contributed by atoms with E-state index in [2.05, 4.69) is 0 Å². The van der Waals surface area contributed by atoms with E-state index in [1.807, 2.05) is 31.2 Å². The molecule has 0 saturated heterocycles. The van der Waals surface area contributed by atoms with Crippen LogP contribution in [-0.4, -0.2) is 12.6 Å². The Balaban J connectivity index is 2.66. The highest BCUT2D eigenvalue weighted by atomic mass is 16.5. The zero-order chi connectivity index (χ0) is 12.0. The number of hydrogen-bond donors (Lipinski definition) is 0. The molecule has 3 nitrogen and oxygen atoms in total. The summed E-state index contributed by atoms with van der Waals surface area (Å²) in [6, 6.07) is 7.62. The molecule has 0 unspecified atom stereocenters. The summed E-state index contributed by atoms with van der Waals surface area (Å²) in [4.78, 5) is 11.3. The van der Waals surface area contributed by atoms with Crippen molar-refractivity contribution in [3.8, 4) is 5.75 Å². The maximum absolute atomic E-state index is 11.3. The third-order valence-electron chi connectivity index (χ3n) is 2.05. The van der Waals surface area contributed by atoms with Gasteiger partial charge in [0.05, 0.1) is 12.2 Å². The average Bonchev–Trinajstić information content (AvgIpc) is 2.28. The van der Waals surface area contributed by atoms with Crippen molar-refractivity contribution in [2.45, 2.75) is 20.8 Å². The number of hydrogen-bond acceptors (Lipinski definition) is 3. The van der Waals surface area contributed by atoms with Gasteiger partial charge in [0.1, 0.15) is 12.0 Å². The number of para-hydroxylation sites is 1. The Hall–Kier alpha value is -1.77. The predicted octanol–water partition coefficient (Wildman–Crippen LogP) is 2.84. The number of aryl methyl sites for hydroxylation is 1. The smallest absolute Gasteiger partial charge is 0.336 e. The van der Waals surface area contributed by atoms with Crippen LogP contribution >= 0.6 is 0 Å². The second-order valence-electron chi connectivity index (χ2n) is 3.40. The molecule has 0 saturated carbocycles. The minimum Gasteiger partial charge on any atom is -0.464 e. The molecule has 1 aromatic carbocycles. The highest BCUT2D eigenvalue weighted by Gasteiger charge is 2.05. The summed E-state index contributed by atoms with van der Waals surface area (Å²) in [5, 5.41) is 0. The maximum atomic E-state index is 11.3.